The Balaban J connectivity index is 1.81. The van der Waals surface area contributed by atoms with Crippen LogP contribution >= 0.6 is 11.3 Å². The van der Waals surface area contributed by atoms with Gasteiger partial charge in [-0.15, -0.1) is 11.3 Å². The number of methoxy groups -OCH3 is 2. The molecule has 0 fully saturated rings. The van der Waals surface area contributed by atoms with Gasteiger partial charge in [-0.2, -0.15) is 0 Å². The van der Waals surface area contributed by atoms with Gasteiger partial charge in [-0.05, 0) is 42.2 Å². The van der Waals surface area contributed by atoms with Crippen molar-refractivity contribution in [3.63, 3.8) is 0 Å². The van der Waals surface area contributed by atoms with Crippen LogP contribution in [0, 0.1) is 6.92 Å². The van der Waals surface area contributed by atoms with Crippen molar-refractivity contribution in [2.45, 2.75) is 13.3 Å². The number of esters is 2. The average Bonchev–Trinajstić information content (AvgIpc) is 3.09. The van der Waals surface area contributed by atoms with Crippen molar-refractivity contribution in [3.05, 3.63) is 87.3 Å². The van der Waals surface area contributed by atoms with Crippen molar-refractivity contribution < 1.29 is 23.9 Å². The maximum atomic E-state index is 12.7. The van der Waals surface area contributed by atoms with E-state index < -0.39 is 11.9 Å². The summed E-state index contributed by atoms with van der Waals surface area (Å²) >= 11 is 0.983. The molecule has 7 heteroatoms. The summed E-state index contributed by atoms with van der Waals surface area (Å²) in [7, 11) is 2.50. The predicted molar refractivity (Wildman–Crippen MR) is 115 cm³/mol. The molecule has 1 aromatic heterocycles. The molecule has 0 spiro atoms. The highest BCUT2D eigenvalue weighted by molar-refractivity contribution is 7.18. The number of amides is 1. The number of carbonyl (C=O) groups excluding carboxylic acids is 3. The summed E-state index contributed by atoms with van der Waals surface area (Å²) in [5, 5.41) is 2.97. The Hall–Kier alpha value is -3.45. The van der Waals surface area contributed by atoms with Crippen molar-refractivity contribution in [2.24, 2.45) is 0 Å². The fraction of sp³-hybridized carbons (Fsp3) is 0.174. The summed E-state index contributed by atoms with van der Waals surface area (Å²) in [6, 6.07) is 17.3. The third kappa shape index (κ3) is 4.58. The molecule has 0 saturated heterocycles. The van der Waals surface area contributed by atoms with Crippen molar-refractivity contribution >= 4 is 34.2 Å². The molecule has 0 atom stereocenters. The lowest BCUT2D eigenvalue weighted by Crippen LogP contribution is -2.14. The Kier molecular flexibility index (Phi) is 6.64. The van der Waals surface area contributed by atoms with Crippen LogP contribution < -0.4 is 5.32 Å². The first-order valence-corrected chi connectivity index (χ1v) is 10.0. The van der Waals surface area contributed by atoms with Gasteiger partial charge in [0.1, 0.15) is 9.88 Å². The summed E-state index contributed by atoms with van der Waals surface area (Å²) in [6.45, 7) is 1.61. The average molecular weight is 423 g/mol. The highest BCUT2D eigenvalue weighted by Crippen LogP contribution is 2.34. The van der Waals surface area contributed by atoms with E-state index >= 15 is 0 Å². The van der Waals surface area contributed by atoms with Crippen molar-refractivity contribution in [2.75, 3.05) is 19.5 Å². The number of rotatable bonds is 6. The van der Waals surface area contributed by atoms with Crippen LogP contribution in [0.15, 0.2) is 54.6 Å². The molecule has 0 aliphatic rings. The minimum Gasteiger partial charge on any atom is -0.465 e. The normalized spacial score (nSPS) is 10.4. The van der Waals surface area contributed by atoms with Crippen LogP contribution in [0.3, 0.4) is 0 Å². The van der Waals surface area contributed by atoms with Gasteiger partial charge in [0.15, 0.2) is 0 Å². The summed E-state index contributed by atoms with van der Waals surface area (Å²) in [6.07, 6.45) is 0.766. The largest absolute Gasteiger partial charge is 0.465 e. The third-order valence-electron chi connectivity index (χ3n) is 4.60. The smallest absolute Gasteiger partial charge is 0.348 e. The number of carbonyl (C=O) groups is 3. The maximum Gasteiger partial charge on any atom is 0.348 e. The van der Waals surface area contributed by atoms with E-state index in [1.54, 1.807) is 19.1 Å². The van der Waals surface area contributed by atoms with E-state index in [0.29, 0.717) is 11.1 Å². The van der Waals surface area contributed by atoms with E-state index in [2.05, 4.69) is 5.32 Å². The van der Waals surface area contributed by atoms with Crippen molar-refractivity contribution in [1.29, 1.82) is 0 Å². The quantitative estimate of drug-likeness (QED) is 0.592. The van der Waals surface area contributed by atoms with Gasteiger partial charge in [0, 0.05) is 5.56 Å². The first-order valence-electron chi connectivity index (χ1n) is 9.18. The second-order valence-electron chi connectivity index (χ2n) is 6.56. The molecule has 1 heterocycles. The Morgan fingerprint density at radius 1 is 0.867 bits per heavy atom. The Bertz CT molecular complexity index is 1070. The van der Waals surface area contributed by atoms with Gasteiger partial charge in [-0.25, -0.2) is 9.59 Å². The second kappa shape index (κ2) is 9.37. The molecule has 154 valence electrons. The first kappa shape index (κ1) is 21.3. The van der Waals surface area contributed by atoms with Crippen LogP contribution in [0.5, 0.6) is 0 Å². The van der Waals surface area contributed by atoms with Gasteiger partial charge in [-0.1, -0.05) is 42.5 Å². The van der Waals surface area contributed by atoms with E-state index in [0.717, 1.165) is 23.3 Å². The summed E-state index contributed by atoms with van der Waals surface area (Å²) in [5.41, 5.74) is 3.26. The lowest BCUT2D eigenvalue weighted by Gasteiger charge is -2.07. The van der Waals surface area contributed by atoms with Crippen molar-refractivity contribution in [1.82, 2.24) is 0 Å². The Morgan fingerprint density at radius 3 is 2.07 bits per heavy atom. The fourth-order valence-corrected chi connectivity index (χ4v) is 4.13. The molecule has 30 heavy (non-hydrogen) atoms. The number of hydrogen-bond donors (Lipinski definition) is 1. The van der Waals surface area contributed by atoms with E-state index in [1.807, 2.05) is 42.5 Å². The van der Waals surface area contributed by atoms with Gasteiger partial charge >= 0.3 is 11.9 Å². The number of benzene rings is 2. The maximum absolute atomic E-state index is 12.7. The Morgan fingerprint density at radius 2 is 1.47 bits per heavy atom. The van der Waals surface area contributed by atoms with Gasteiger partial charge in [0.05, 0.1) is 19.8 Å². The number of thiophene rings is 1. The zero-order valence-corrected chi connectivity index (χ0v) is 17.7. The molecule has 3 rings (SSSR count). The molecule has 3 aromatic rings. The molecule has 0 radical (unpaired) electrons. The number of ether oxygens (including phenoxy) is 2. The van der Waals surface area contributed by atoms with Crippen LogP contribution in [0.1, 0.15) is 47.1 Å². The van der Waals surface area contributed by atoms with Crippen LogP contribution in [0.4, 0.5) is 5.00 Å². The molecule has 1 amide bonds. The van der Waals surface area contributed by atoms with Gasteiger partial charge in [0.2, 0.25) is 0 Å². The zero-order chi connectivity index (χ0) is 21.7. The van der Waals surface area contributed by atoms with Gasteiger partial charge < -0.3 is 14.8 Å². The fourth-order valence-electron chi connectivity index (χ4n) is 3.02. The van der Waals surface area contributed by atoms with Crippen LogP contribution in [0.25, 0.3) is 0 Å². The van der Waals surface area contributed by atoms with Crippen LogP contribution in [0.2, 0.25) is 0 Å². The first-order chi connectivity index (χ1) is 14.4. The molecule has 0 unspecified atom stereocenters. The predicted octanol–water partition coefficient (Wildman–Crippen LogP) is 4.47. The SMILES string of the molecule is COC(=O)c1sc(NC(=O)c2ccc(Cc3ccccc3)cc2)c(C(=O)OC)c1C. The molecule has 0 saturated carbocycles. The molecule has 1 N–H and O–H groups in total. The molecule has 0 aliphatic carbocycles. The highest BCUT2D eigenvalue weighted by Gasteiger charge is 2.27. The molecule has 0 aliphatic heterocycles. The lowest BCUT2D eigenvalue weighted by atomic mass is 10.0. The number of anilines is 1. The molecular weight excluding hydrogens is 402 g/mol. The van der Waals surface area contributed by atoms with Gasteiger partial charge in [-0.3, -0.25) is 4.79 Å². The molecular formula is C23H21NO5S. The van der Waals surface area contributed by atoms with E-state index in [-0.39, 0.29) is 21.3 Å². The van der Waals surface area contributed by atoms with Crippen LogP contribution in [-0.4, -0.2) is 32.1 Å². The summed E-state index contributed by atoms with van der Waals surface area (Å²) in [4.78, 5) is 37.2. The standard InChI is InChI=1S/C23H21NO5S/c1-14-18(22(26)28-2)21(30-19(14)23(27)29-3)24-20(25)17-11-9-16(10-12-17)13-15-7-5-4-6-8-15/h4-12H,13H2,1-3H3,(H,24,25). The topological polar surface area (TPSA) is 81.7 Å². The molecule has 2 aromatic carbocycles. The van der Waals surface area contributed by atoms with Gasteiger partial charge in [0.25, 0.3) is 5.91 Å². The third-order valence-corrected chi connectivity index (χ3v) is 5.79. The Labute approximate surface area is 178 Å². The van der Waals surface area contributed by atoms with Crippen LogP contribution in [-0.2, 0) is 15.9 Å². The van der Waals surface area contributed by atoms with E-state index in [9.17, 15) is 14.4 Å². The monoisotopic (exact) mass is 423 g/mol. The molecule has 6 nitrogen and oxygen atoms in total. The number of hydrogen-bond acceptors (Lipinski definition) is 6. The molecule has 0 bridgehead atoms. The van der Waals surface area contributed by atoms with E-state index in [4.69, 9.17) is 9.47 Å². The lowest BCUT2D eigenvalue weighted by molar-refractivity contribution is 0.0601. The van der Waals surface area contributed by atoms with Crippen molar-refractivity contribution in [3.8, 4) is 0 Å². The highest BCUT2D eigenvalue weighted by atomic mass is 32.1. The summed E-state index contributed by atoms with van der Waals surface area (Å²) < 4.78 is 9.57. The number of nitrogens with one attached hydrogen (secondary N) is 1. The second-order valence-corrected chi connectivity index (χ2v) is 7.58. The minimum atomic E-state index is -0.632. The zero-order valence-electron chi connectivity index (χ0n) is 16.9. The summed E-state index contributed by atoms with van der Waals surface area (Å²) in [5.74, 6) is -1.59. The van der Waals surface area contributed by atoms with E-state index in [1.165, 1.54) is 19.8 Å². The minimum absolute atomic E-state index is 0.150.